The van der Waals surface area contributed by atoms with E-state index in [-0.39, 0.29) is 0 Å². The standard InChI is InChI=1S/C11H14N4/c1-12-6-10-3-2-4-11(5-10)7-15-9-13-8-14-15/h2-5,8-9,12H,6-7H2,1H3. The van der Waals surface area contributed by atoms with Crippen LogP contribution in [0.3, 0.4) is 0 Å². The number of hydrogen-bond acceptors (Lipinski definition) is 3. The third-order valence-electron chi connectivity index (χ3n) is 2.18. The molecule has 1 heterocycles. The van der Waals surface area contributed by atoms with Crippen LogP contribution in [0, 0.1) is 0 Å². The van der Waals surface area contributed by atoms with E-state index in [1.165, 1.54) is 11.1 Å². The fraction of sp³-hybridized carbons (Fsp3) is 0.273. The molecule has 0 amide bonds. The van der Waals surface area contributed by atoms with Crippen molar-refractivity contribution in [2.75, 3.05) is 7.05 Å². The van der Waals surface area contributed by atoms with E-state index in [0.29, 0.717) is 0 Å². The lowest BCUT2D eigenvalue weighted by Crippen LogP contribution is -2.06. The van der Waals surface area contributed by atoms with E-state index in [9.17, 15) is 0 Å². The summed E-state index contributed by atoms with van der Waals surface area (Å²) < 4.78 is 1.82. The first kappa shape index (κ1) is 9.86. The number of benzene rings is 1. The summed E-state index contributed by atoms with van der Waals surface area (Å²) >= 11 is 0. The van der Waals surface area contributed by atoms with Gasteiger partial charge in [0.25, 0.3) is 0 Å². The minimum absolute atomic E-state index is 0.775. The second-order valence-electron chi connectivity index (χ2n) is 3.44. The molecule has 15 heavy (non-hydrogen) atoms. The van der Waals surface area contributed by atoms with Gasteiger partial charge in [-0.1, -0.05) is 24.3 Å². The van der Waals surface area contributed by atoms with Crippen LogP contribution in [-0.4, -0.2) is 21.8 Å². The van der Waals surface area contributed by atoms with Crippen molar-refractivity contribution in [1.29, 1.82) is 0 Å². The molecule has 0 saturated heterocycles. The largest absolute Gasteiger partial charge is 0.316 e. The van der Waals surface area contributed by atoms with Crippen molar-refractivity contribution < 1.29 is 0 Å². The third-order valence-corrected chi connectivity index (χ3v) is 2.18. The molecule has 0 aliphatic carbocycles. The first-order valence-corrected chi connectivity index (χ1v) is 4.93. The van der Waals surface area contributed by atoms with E-state index in [1.807, 2.05) is 11.7 Å². The number of rotatable bonds is 4. The van der Waals surface area contributed by atoms with Crippen molar-refractivity contribution in [1.82, 2.24) is 20.1 Å². The first-order valence-electron chi connectivity index (χ1n) is 4.93. The van der Waals surface area contributed by atoms with Crippen LogP contribution >= 0.6 is 0 Å². The summed E-state index contributed by atoms with van der Waals surface area (Å²) in [5.41, 5.74) is 2.53. The zero-order chi connectivity index (χ0) is 10.5. The van der Waals surface area contributed by atoms with Gasteiger partial charge >= 0.3 is 0 Å². The van der Waals surface area contributed by atoms with Gasteiger partial charge in [0.05, 0.1) is 6.54 Å². The van der Waals surface area contributed by atoms with E-state index in [0.717, 1.165) is 13.1 Å². The maximum atomic E-state index is 4.08. The number of nitrogens with zero attached hydrogens (tertiary/aromatic N) is 3. The molecular formula is C11H14N4. The average molecular weight is 202 g/mol. The van der Waals surface area contributed by atoms with E-state index in [1.54, 1.807) is 12.7 Å². The average Bonchev–Trinajstić information content (AvgIpc) is 2.71. The Morgan fingerprint density at radius 1 is 1.33 bits per heavy atom. The number of nitrogens with one attached hydrogen (secondary N) is 1. The zero-order valence-corrected chi connectivity index (χ0v) is 8.72. The zero-order valence-electron chi connectivity index (χ0n) is 8.72. The molecule has 0 fully saturated rings. The second kappa shape index (κ2) is 4.70. The molecule has 0 bridgehead atoms. The molecule has 4 heteroatoms. The van der Waals surface area contributed by atoms with Crippen molar-refractivity contribution in [2.45, 2.75) is 13.1 Å². The van der Waals surface area contributed by atoms with Gasteiger partial charge in [0, 0.05) is 6.54 Å². The van der Waals surface area contributed by atoms with Gasteiger partial charge in [-0.3, -0.25) is 0 Å². The van der Waals surface area contributed by atoms with E-state index in [4.69, 9.17) is 0 Å². The van der Waals surface area contributed by atoms with Crippen LogP contribution in [-0.2, 0) is 13.1 Å². The maximum Gasteiger partial charge on any atom is 0.137 e. The lowest BCUT2D eigenvalue weighted by molar-refractivity contribution is 0.683. The van der Waals surface area contributed by atoms with Gasteiger partial charge < -0.3 is 5.32 Å². The minimum atomic E-state index is 0.775. The lowest BCUT2D eigenvalue weighted by atomic mass is 10.1. The van der Waals surface area contributed by atoms with E-state index in [2.05, 4.69) is 39.7 Å². The Morgan fingerprint density at radius 3 is 2.93 bits per heavy atom. The molecule has 0 radical (unpaired) electrons. The molecule has 0 saturated carbocycles. The molecule has 78 valence electrons. The fourth-order valence-electron chi connectivity index (χ4n) is 1.54. The SMILES string of the molecule is CNCc1cccc(Cn2cncn2)c1. The fourth-order valence-corrected chi connectivity index (χ4v) is 1.54. The first-order chi connectivity index (χ1) is 7.38. The van der Waals surface area contributed by atoms with Gasteiger partial charge in [0.2, 0.25) is 0 Å². The normalized spacial score (nSPS) is 10.5. The number of hydrogen-bond donors (Lipinski definition) is 1. The van der Waals surface area contributed by atoms with E-state index < -0.39 is 0 Å². The molecule has 1 aromatic heterocycles. The van der Waals surface area contributed by atoms with Gasteiger partial charge in [0.1, 0.15) is 12.7 Å². The van der Waals surface area contributed by atoms with Crippen LogP contribution in [0.5, 0.6) is 0 Å². The molecule has 2 aromatic rings. The van der Waals surface area contributed by atoms with Crippen molar-refractivity contribution in [3.63, 3.8) is 0 Å². The van der Waals surface area contributed by atoms with Crippen LogP contribution in [0.15, 0.2) is 36.9 Å². The molecule has 1 N–H and O–H groups in total. The Hall–Kier alpha value is -1.68. The molecule has 1 aromatic carbocycles. The van der Waals surface area contributed by atoms with E-state index >= 15 is 0 Å². The van der Waals surface area contributed by atoms with Gasteiger partial charge in [-0.15, -0.1) is 0 Å². The predicted molar refractivity (Wildman–Crippen MR) is 58.3 cm³/mol. The molecular weight excluding hydrogens is 188 g/mol. The molecule has 0 spiro atoms. The summed E-state index contributed by atoms with van der Waals surface area (Å²) in [5, 5.41) is 7.21. The van der Waals surface area contributed by atoms with Gasteiger partial charge in [-0.25, -0.2) is 9.67 Å². The Labute approximate surface area is 89.0 Å². The smallest absolute Gasteiger partial charge is 0.137 e. The predicted octanol–water partition coefficient (Wildman–Crippen LogP) is 1.05. The summed E-state index contributed by atoms with van der Waals surface area (Å²) in [6, 6.07) is 8.46. The highest BCUT2D eigenvalue weighted by molar-refractivity contribution is 5.23. The molecule has 2 rings (SSSR count). The summed E-state index contributed by atoms with van der Waals surface area (Å²) in [6.45, 7) is 1.67. The summed E-state index contributed by atoms with van der Waals surface area (Å²) in [5.74, 6) is 0. The Bertz CT molecular complexity index is 408. The van der Waals surface area contributed by atoms with Crippen LogP contribution in [0.4, 0.5) is 0 Å². The summed E-state index contributed by atoms with van der Waals surface area (Å²) in [7, 11) is 1.95. The highest BCUT2D eigenvalue weighted by atomic mass is 15.3. The second-order valence-corrected chi connectivity index (χ2v) is 3.44. The maximum absolute atomic E-state index is 4.08. The van der Waals surface area contributed by atoms with Crippen molar-refractivity contribution in [3.05, 3.63) is 48.0 Å². The molecule has 0 aliphatic heterocycles. The Morgan fingerprint density at radius 2 is 2.20 bits per heavy atom. The number of aromatic nitrogens is 3. The molecule has 0 atom stereocenters. The summed E-state index contributed by atoms with van der Waals surface area (Å²) in [6.07, 6.45) is 3.28. The van der Waals surface area contributed by atoms with Gasteiger partial charge in [0.15, 0.2) is 0 Å². The highest BCUT2D eigenvalue weighted by Crippen LogP contribution is 2.06. The van der Waals surface area contributed by atoms with Gasteiger partial charge in [-0.2, -0.15) is 5.10 Å². The monoisotopic (exact) mass is 202 g/mol. The third kappa shape index (κ3) is 2.63. The minimum Gasteiger partial charge on any atom is -0.316 e. The van der Waals surface area contributed by atoms with Crippen molar-refractivity contribution in [2.24, 2.45) is 0 Å². The Kier molecular flexibility index (Phi) is 3.09. The van der Waals surface area contributed by atoms with Crippen LogP contribution in [0.25, 0.3) is 0 Å². The van der Waals surface area contributed by atoms with Gasteiger partial charge in [-0.05, 0) is 18.2 Å². The van der Waals surface area contributed by atoms with Crippen molar-refractivity contribution in [3.8, 4) is 0 Å². The Balaban J connectivity index is 2.11. The van der Waals surface area contributed by atoms with Crippen LogP contribution in [0.1, 0.15) is 11.1 Å². The molecule has 4 nitrogen and oxygen atoms in total. The van der Waals surface area contributed by atoms with Crippen molar-refractivity contribution >= 4 is 0 Å². The topological polar surface area (TPSA) is 42.7 Å². The van der Waals surface area contributed by atoms with Crippen LogP contribution in [0.2, 0.25) is 0 Å². The quantitative estimate of drug-likeness (QED) is 0.805. The molecule has 0 unspecified atom stereocenters. The lowest BCUT2D eigenvalue weighted by Gasteiger charge is -2.04. The van der Waals surface area contributed by atoms with Crippen LogP contribution < -0.4 is 5.32 Å². The highest BCUT2D eigenvalue weighted by Gasteiger charge is 1.97. The molecule has 0 aliphatic rings. The summed E-state index contributed by atoms with van der Waals surface area (Å²) in [4.78, 5) is 3.92.